The first kappa shape index (κ1) is 30.2. The quantitative estimate of drug-likeness (QED) is 0.322. The van der Waals surface area contributed by atoms with Crippen molar-refractivity contribution < 1.29 is 90.8 Å². The Hall–Kier alpha value is 2.33. The van der Waals surface area contributed by atoms with Gasteiger partial charge in [0.05, 0.1) is 0 Å². The van der Waals surface area contributed by atoms with Crippen LogP contribution in [-0.4, -0.2) is 0 Å². The fourth-order valence-electron chi connectivity index (χ4n) is 0. The smallest absolute Gasteiger partial charge is 0.822 e. The van der Waals surface area contributed by atoms with E-state index in [0.717, 1.165) is 0 Å². The van der Waals surface area contributed by atoms with Crippen LogP contribution < -0.4 is 33.5 Å². The maximum Gasteiger partial charge on any atom is 5.00 e. The average Bonchev–Trinajstić information content (AvgIpc) is 0.722. The molecular formula is FeLiMnO4PV+7. The molecule has 1 radical (unpaired) electrons. The predicted molar refractivity (Wildman–Crippen MR) is 7.61 cm³/mol. The van der Waals surface area contributed by atoms with Crippen molar-refractivity contribution in [1.29, 1.82) is 0 Å². The van der Waals surface area contributed by atoms with Crippen molar-refractivity contribution in [3.8, 4) is 0 Å². The Kier molecular flexibility index (Phi) is 43.4. The van der Waals surface area contributed by atoms with Crippen LogP contribution >= 0.6 is 7.82 Å². The maximum absolute atomic E-state index is 8.55. The molecule has 9 heteroatoms. The SMILES string of the molecule is O=P([O-])([O-])[O-].[Fe+2].[Li+].[Mn+2].[V+5]. The van der Waals surface area contributed by atoms with Gasteiger partial charge in [-0.3, -0.25) is 0 Å². The monoisotopic (exact) mass is 264 g/mol. The van der Waals surface area contributed by atoms with E-state index in [2.05, 4.69) is 0 Å². The fourth-order valence-corrected chi connectivity index (χ4v) is 0. The molecule has 0 aliphatic carbocycles. The molecule has 0 atom stereocenters. The second-order valence-electron chi connectivity index (χ2n) is 0.447. The molecule has 43 valence electrons. The molecule has 0 aliphatic rings. The van der Waals surface area contributed by atoms with Gasteiger partial charge in [0.1, 0.15) is 0 Å². The molecule has 0 rings (SSSR count). The number of hydrogen-bond acceptors (Lipinski definition) is 4. The molecule has 0 saturated heterocycles. The van der Waals surface area contributed by atoms with Crippen LogP contribution in [0.25, 0.3) is 0 Å². The second-order valence-corrected chi connectivity index (χ2v) is 1.34. The van der Waals surface area contributed by atoms with E-state index < -0.39 is 7.82 Å². The first-order chi connectivity index (χ1) is 2.00. The Morgan fingerprint density at radius 1 is 1.11 bits per heavy atom. The van der Waals surface area contributed by atoms with Gasteiger partial charge >= 0.3 is 71.6 Å². The minimum Gasteiger partial charge on any atom is -0.822 e. The number of phosphoric acid groups is 1. The second kappa shape index (κ2) is 13.0. The van der Waals surface area contributed by atoms with Crippen LogP contribution in [0.5, 0.6) is 0 Å². The van der Waals surface area contributed by atoms with Crippen molar-refractivity contribution in [2.75, 3.05) is 0 Å². The Bertz CT molecular complexity index is 66.7. The van der Waals surface area contributed by atoms with E-state index in [1.165, 1.54) is 0 Å². The summed E-state index contributed by atoms with van der Waals surface area (Å²) < 4.78 is 8.55. The third-order valence-electron chi connectivity index (χ3n) is 0. The fraction of sp³-hybridized carbons (Fsp3) is 0. The van der Waals surface area contributed by atoms with Gasteiger partial charge in [-0.2, -0.15) is 7.82 Å². The van der Waals surface area contributed by atoms with Crippen LogP contribution in [-0.2, 0) is 57.3 Å². The molecule has 0 aliphatic heterocycles. The van der Waals surface area contributed by atoms with Gasteiger partial charge < -0.3 is 19.2 Å². The number of hydrogen-bond donors (Lipinski definition) is 0. The summed E-state index contributed by atoms with van der Waals surface area (Å²) in [6.07, 6.45) is 0. The maximum atomic E-state index is 8.55. The summed E-state index contributed by atoms with van der Waals surface area (Å²) in [6, 6.07) is 0. The molecule has 0 amide bonds. The van der Waals surface area contributed by atoms with Gasteiger partial charge in [-0.15, -0.1) is 0 Å². The molecule has 0 aromatic heterocycles. The summed E-state index contributed by atoms with van der Waals surface area (Å²) in [4.78, 5) is 25.6. The van der Waals surface area contributed by atoms with Crippen molar-refractivity contribution >= 4 is 7.82 Å². The van der Waals surface area contributed by atoms with Gasteiger partial charge in [-0.1, -0.05) is 0 Å². The first-order valence-electron chi connectivity index (χ1n) is 0.730. The summed E-state index contributed by atoms with van der Waals surface area (Å²) in [5.41, 5.74) is 0. The van der Waals surface area contributed by atoms with Crippen LogP contribution in [0, 0.1) is 0 Å². The molecule has 0 N–H and O–H groups in total. The minimum absolute atomic E-state index is 0. The van der Waals surface area contributed by atoms with E-state index in [9.17, 15) is 0 Å². The summed E-state index contributed by atoms with van der Waals surface area (Å²) in [5.74, 6) is 0. The third-order valence-corrected chi connectivity index (χ3v) is 0. The molecule has 0 bridgehead atoms. The van der Waals surface area contributed by atoms with Crippen molar-refractivity contribution in [2.45, 2.75) is 0 Å². The van der Waals surface area contributed by atoms with Crippen LogP contribution in [0.2, 0.25) is 0 Å². The summed E-state index contributed by atoms with van der Waals surface area (Å²) in [5, 5.41) is 0. The zero-order chi connectivity index (χ0) is 4.50. The van der Waals surface area contributed by atoms with E-state index in [4.69, 9.17) is 19.2 Å². The summed E-state index contributed by atoms with van der Waals surface area (Å²) in [6.45, 7) is 0. The Morgan fingerprint density at radius 3 is 1.11 bits per heavy atom. The Morgan fingerprint density at radius 2 is 1.11 bits per heavy atom. The van der Waals surface area contributed by atoms with Crippen LogP contribution in [0.4, 0.5) is 0 Å². The molecule has 0 aromatic rings. The van der Waals surface area contributed by atoms with E-state index in [0.29, 0.717) is 0 Å². The van der Waals surface area contributed by atoms with E-state index >= 15 is 0 Å². The van der Waals surface area contributed by atoms with E-state index in [-0.39, 0.29) is 71.6 Å². The molecule has 0 saturated carbocycles. The standard InChI is InChI=1S/Fe.Li.Mn.H3O4P.V/c;;;1-5(2,3)4;/h;;;(H3,1,2,3,4);/q+2;+1;+2;;+5/p-3. The van der Waals surface area contributed by atoms with Crippen molar-refractivity contribution in [2.24, 2.45) is 0 Å². The largest absolute Gasteiger partial charge is 5.00 e. The van der Waals surface area contributed by atoms with Crippen molar-refractivity contribution in [3.05, 3.63) is 0 Å². The molecule has 0 fully saturated rings. The Labute approximate surface area is 97.8 Å². The van der Waals surface area contributed by atoms with E-state index in [1.54, 1.807) is 0 Å². The zero-order valence-electron chi connectivity index (χ0n) is 4.26. The molecule has 4 nitrogen and oxygen atoms in total. The third kappa shape index (κ3) is 132. The van der Waals surface area contributed by atoms with Crippen LogP contribution in [0.1, 0.15) is 0 Å². The molecular weight excluding hydrogens is 264 g/mol. The van der Waals surface area contributed by atoms with Crippen molar-refractivity contribution in [1.82, 2.24) is 0 Å². The normalized spacial score (nSPS) is 6.56. The minimum atomic E-state index is -5.39. The summed E-state index contributed by atoms with van der Waals surface area (Å²) >= 11 is 0. The van der Waals surface area contributed by atoms with Gasteiger partial charge in [0.25, 0.3) is 0 Å². The van der Waals surface area contributed by atoms with Crippen LogP contribution in [0.15, 0.2) is 0 Å². The molecule has 0 aromatic carbocycles. The van der Waals surface area contributed by atoms with E-state index in [1.807, 2.05) is 0 Å². The molecule has 0 heterocycles. The molecule has 0 unspecified atom stereocenters. The average molecular weight is 264 g/mol. The van der Waals surface area contributed by atoms with Gasteiger partial charge in [-0.05, 0) is 0 Å². The zero-order valence-corrected chi connectivity index (χ0v) is 8.83. The predicted octanol–water partition coefficient (Wildman–Crippen LogP) is -5.83. The van der Waals surface area contributed by atoms with Crippen molar-refractivity contribution in [3.63, 3.8) is 0 Å². The van der Waals surface area contributed by atoms with Gasteiger partial charge in [0.15, 0.2) is 0 Å². The topological polar surface area (TPSA) is 86.2 Å². The van der Waals surface area contributed by atoms with Gasteiger partial charge in [0, 0.05) is 0 Å². The molecule has 9 heavy (non-hydrogen) atoms. The number of rotatable bonds is 0. The summed E-state index contributed by atoms with van der Waals surface area (Å²) in [7, 11) is -5.39. The first-order valence-corrected chi connectivity index (χ1v) is 2.19. The van der Waals surface area contributed by atoms with Crippen LogP contribution in [0.3, 0.4) is 0 Å². The van der Waals surface area contributed by atoms with Gasteiger partial charge in [-0.25, -0.2) is 0 Å². The molecule has 0 spiro atoms. The Balaban J connectivity index is -0.0000000133. The van der Waals surface area contributed by atoms with Gasteiger partial charge in [0.2, 0.25) is 0 Å².